The Labute approximate surface area is 102 Å². The lowest BCUT2D eigenvalue weighted by Gasteiger charge is -2.30. The molecule has 5 N–H and O–H groups in total. The molecule has 2 amide bonds. The maximum absolute atomic E-state index is 11.9. The number of hydrogen-bond donors (Lipinski definition) is 3. The summed E-state index contributed by atoms with van der Waals surface area (Å²) in [5, 5.41) is 2.95. The first-order valence-electron chi connectivity index (χ1n) is 6.26. The van der Waals surface area contributed by atoms with E-state index in [9.17, 15) is 9.59 Å². The Morgan fingerprint density at radius 3 is 2.24 bits per heavy atom. The smallest absolute Gasteiger partial charge is 0.239 e. The SMILES string of the molecule is CCC(C)(N)C(=O)NC1CCC(C(N)=O)CC1. The first-order valence-corrected chi connectivity index (χ1v) is 6.26. The van der Waals surface area contributed by atoms with Crippen LogP contribution >= 0.6 is 0 Å². The highest BCUT2D eigenvalue weighted by molar-refractivity contribution is 5.85. The van der Waals surface area contributed by atoms with Crippen molar-refractivity contribution in [2.45, 2.75) is 57.5 Å². The van der Waals surface area contributed by atoms with Crippen molar-refractivity contribution in [1.29, 1.82) is 0 Å². The van der Waals surface area contributed by atoms with Gasteiger partial charge in [0.05, 0.1) is 5.54 Å². The molecule has 1 saturated carbocycles. The van der Waals surface area contributed by atoms with Crippen molar-refractivity contribution < 1.29 is 9.59 Å². The zero-order valence-electron chi connectivity index (χ0n) is 10.7. The van der Waals surface area contributed by atoms with Crippen LogP contribution in [-0.4, -0.2) is 23.4 Å². The lowest BCUT2D eigenvalue weighted by Crippen LogP contribution is -2.54. The third kappa shape index (κ3) is 3.70. The summed E-state index contributed by atoms with van der Waals surface area (Å²) in [6.07, 6.45) is 3.73. The molecule has 1 unspecified atom stereocenters. The minimum absolute atomic E-state index is 0.0291. The molecule has 1 fully saturated rings. The van der Waals surface area contributed by atoms with Gasteiger partial charge in [-0.3, -0.25) is 9.59 Å². The number of nitrogens with one attached hydrogen (secondary N) is 1. The zero-order valence-corrected chi connectivity index (χ0v) is 10.7. The van der Waals surface area contributed by atoms with Crippen LogP contribution in [0.3, 0.4) is 0 Å². The Bertz CT molecular complexity index is 294. The summed E-state index contributed by atoms with van der Waals surface area (Å²) in [6.45, 7) is 3.63. The molecule has 0 spiro atoms. The van der Waals surface area contributed by atoms with E-state index in [2.05, 4.69) is 5.32 Å². The molecule has 1 atom stereocenters. The van der Waals surface area contributed by atoms with E-state index < -0.39 is 5.54 Å². The fourth-order valence-corrected chi connectivity index (χ4v) is 2.03. The summed E-state index contributed by atoms with van der Waals surface area (Å²) < 4.78 is 0. The molecule has 1 aliphatic rings. The van der Waals surface area contributed by atoms with Gasteiger partial charge in [0.2, 0.25) is 11.8 Å². The van der Waals surface area contributed by atoms with Crippen molar-refractivity contribution in [3.05, 3.63) is 0 Å². The van der Waals surface area contributed by atoms with Gasteiger partial charge in [0.15, 0.2) is 0 Å². The molecule has 5 nitrogen and oxygen atoms in total. The molecule has 0 heterocycles. The Kier molecular flexibility index (Phi) is 4.51. The first kappa shape index (κ1) is 14.0. The number of primary amides is 1. The number of nitrogens with two attached hydrogens (primary N) is 2. The van der Waals surface area contributed by atoms with Crippen molar-refractivity contribution in [3.63, 3.8) is 0 Å². The van der Waals surface area contributed by atoms with Crippen molar-refractivity contribution in [2.24, 2.45) is 17.4 Å². The summed E-state index contributed by atoms with van der Waals surface area (Å²) in [5.41, 5.74) is 10.3. The van der Waals surface area contributed by atoms with E-state index >= 15 is 0 Å². The van der Waals surface area contributed by atoms with Gasteiger partial charge in [-0.2, -0.15) is 0 Å². The number of carbonyl (C=O) groups is 2. The molecule has 0 aromatic carbocycles. The standard InChI is InChI=1S/C12H23N3O2/c1-3-12(2,14)11(17)15-9-6-4-8(5-7-9)10(13)16/h8-9H,3-7,14H2,1-2H3,(H2,13,16)(H,15,17). The maximum Gasteiger partial charge on any atom is 0.239 e. The number of amides is 2. The molecule has 0 radical (unpaired) electrons. The van der Waals surface area contributed by atoms with Crippen LogP contribution in [-0.2, 0) is 9.59 Å². The van der Waals surface area contributed by atoms with Crippen LogP contribution in [0.5, 0.6) is 0 Å². The van der Waals surface area contributed by atoms with Crippen LogP contribution < -0.4 is 16.8 Å². The van der Waals surface area contributed by atoms with E-state index in [4.69, 9.17) is 11.5 Å². The molecule has 17 heavy (non-hydrogen) atoms. The lowest BCUT2D eigenvalue weighted by molar-refractivity contribution is -0.127. The second-order valence-corrected chi connectivity index (χ2v) is 5.20. The van der Waals surface area contributed by atoms with E-state index in [1.54, 1.807) is 6.92 Å². The monoisotopic (exact) mass is 241 g/mol. The van der Waals surface area contributed by atoms with Crippen LogP contribution in [0.1, 0.15) is 46.0 Å². The third-order valence-electron chi connectivity index (χ3n) is 3.72. The molecule has 0 aliphatic heterocycles. The zero-order chi connectivity index (χ0) is 13.1. The van der Waals surface area contributed by atoms with Crippen molar-refractivity contribution >= 4 is 11.8 Å². The second kappa shape index (κ2) is 5.49. The second-order valence-electron chi connectivity index (χ2n) is 5.20. The Morgan fingerprint density at radius 2 is 1.82 bits per heavy atom. The third-order valence-corrected chi connectivity index (χ3v) is 3.72. The molecule has 0 saturated heterocycles. The quantitative estimate of drug-likeness (QED) is 0.659. The van der Waals surface area contributed by atoms with Gasteiger partial charge in [0, 0.05) is 12.0 Å². The van der Waals surface area contributed by atoms with Gasteiger partial charge >= 0.3 is 0 Å². The number of carbonyl (C=O) groups excluding carboxylic acids is 2. The Morgan fingerprint density at radius 1 is 1.29 bits per heavy atom. The molecule has 1 aliphatic carbocycles. The van der Waals surface area contributed by atoms with Gasteiger partial charge in [-0.15, -0.1) is 0 Å². The fourth-order valence-electron chi connectivity index (χ4n) is 2.03. The highest BCUT2D eigenvalue weighted by Crippen LogP contribution is 2.24. The largest absolute Gasteiger partial charge is 0.369 e. The summed E-state index contributed by atoms with van der Waals surface area (Å²) in [7, 11) is 0. The predicted octanol–water partition coefficient (Wildman–Crippen LogP) is 0.274. The van der Waals surface area contributed by atoms with E-state index in [0.717, 1.165) is 25.7 Å². The fraction of sp³-hybridized carbons (Fsp3) is 0.833. The van der Waals surface area contributed by atoms with Gasteiger partial charge in [-0.25, -0.2) is 0 Å². The van der Waals surface area contributed by atoms with Crippen molar-refractivity contribution in [2.75, 3.05) is 0 Å². The topological polar surface area (TPSA) is 98.2 Å². The van der Waals surface area contributed by atoms with Crippen LogP contribution in [0.15, 0.2) is 0 Å². The van der Waals surface area contributed by atoms with E-state index in [-0.39, 0.29) is 23.8 Å². The van der Waals surface area contributed by atoms with Crippen molar-refractivity contribution in [3.8, 4) is 0 Å². The van der Waals surface area contributed by atoms with E-state index in [0.29, 0.717) is 6.42 Å². The van der Waals surface area contributed by atoms with E-state index in [1.807, 2.05) is 6.92 Å². The number of rotatable bonds is 4. The summed E-state index contributed by atoms with van der Waals surface area (Å²) in [5.74, 6) is -0.367. The molecule has 0 bridgehead atoms. The molecule has 0 aromatic heterocycles. The first-order chi connectivity index (χ1) is 7.86. The summed E-state index contributed by atoms with van der Waals surface area (Å²) in [6, 6.07) is 0.132. The van der Waals surface area contributed by atoms with E-state index in [1.165, 1.54) is 0 Å². The lowest BCUT2D eigenvalue weighted by atomic mass is 9.85. The Hall–Kier alpha value is -1.10. The number of hydrogen-bond acceptors (Lipinski definition) is 3. The normalized spacial score (nSPS) is 28.2. The Balaban J connectivity index is 2.41. The average Bonchev–Trinajstić information content (AvgIpc) is 2.29. The highest BCUT2D eigenvalue weighted by Gasteiger charge is 2.30. The highest BCUT2D eigenvalue weighted by atomic mass is 16.2. The molecule has 1 rings (SSSR count). The minimum atomic E-state index is -0.805. The van der Waals surface area contributed by atoms with Gasteiger partial charge in [-0.1, -0.05) is 6.92 Å². The minimum Gasteiger partial charge on any atom is -0.369 e. The van der Waals surface area contributed by atoms with Gasteiger partial charge in [-0.05, 0) is 39.0 Å². The van der Waals surface area contributed by atoms with Gasteiger partial charge in [0.25, 0.3) is 0 Å². The maximum atomic E-state index is 11.9. The van der Waals surface area contributed by atoms with Crippen LogP contribution in [0, 0.1) is 5.92 Å². The predicted molar refractivity (Wildman–Crippen MR) is 66.0 cm³/mol. The summed E-state index contributed by atoms with van der Waals surface area (Å²) >= 11 is 0. The van der Waals surface area contributed by atoms with Crippen molar-refractivity contribution in [1.82, 2.24) is 5.32 Å². The average molecular weight is 241 g/mol. The van der Waals surface area contributed by atoms with Crippen LogP contribution in [0.4, 0.5) is 0 Å². The molecular formula is C12H23N3O2. The molecular weight excluding hydrogens is 218 g/mol. The van der Waals surface area contributed by atoms with Crippen LogP contribution in [0.25, 0.3) is 0 Å². The van der Waals surface area contributed by atoms with Gasteiger partial charge < -0.3 is 16.8 Å². The molecule has 5 heteroatoms. The summed E-state index contributed by atoms with van der Waals surface area (Å²) in [4.78, 5) is 22.9. The molecule has 98 valence electrons. The molecule has 0 aromatic rings. The van der Waals surface area contributed by atoms with Gasteiger partial charge in [0.1, 0.15) is 0 Å². The van der Waals surface area contributed by atoms with Crippen LogP contribution in [0.2, 0.25) is 0 Å².